The van der Waals surface area contributed by atoms with Gasteiger partial charge in [0.1, 0.15) is 23.2 Å². The normalized spacial score (nSPS) is 20.5. The zero-order valence-electron chi connectivity index (χ0n) is 24.4. The summed E-state index contributed by atoms with van der Waals surface area (Å²) in [4.78, 5) is 27.7. The number of hydrogen-bond donors (Lipinski definition) is 0. The van der Waals surface area contributed by atoms with E-state index >= 15 is 0 Å². The summed E-state index contributed by atoms with van der Waals surface area (Å²) in [6.45, 7) is 7.58. The molecule has 11 heteroatoms. The Morgan fingerprint density at radius 2 is 1.74 bits per heavy atom. The Hall–Kier alpha value is -3.47. The van der Waals surface area contributed by atoms with Crippen LogP contribution in [-0.2, 0) is 33.4 Å². The summed E-state index contributed by atoms with van der Waals surface area (Å²) in [5, 5.41) is 0. The van der Waals surface area contributed by atoms with Crippen LogP contribution in [0.1, 0.15) is 73.5 Å². The first-order valence-electron chi connectivity index (χ1n) is 14.2. The topological polar surface area (TPSA) is 77.5 Å². The lowest BCUT2D eigenvalue weighted by molar-refractivity contribution is -0.141. The molecular formula is C31H37F3N2O6. The van der Waals surface area contributed by atoms with Crippen LogP contribution in [0.2, 0.25) is 0 Å². The summed E-state index contributed by atoms with van der Waals surface area (Å²) < 4.78 is 64.7. The minimum absolute atomic E-state index is 0.0944. The third-order valence-corrected chi connectivity index (χ3v) is 7.97. The van der Waals surface area contributed by atoms with E-state index in [1.807, 2.05) is 17.0 Å². The van der Waals surface area contributed by atoms with Crippen LogP contribution in [0.3, 0.4) is 0 Å². The molecule has 1 aliphatic carbocycles. The number of hydrogen-bond acceptors (Lipinski definition) is 7. The zero-order valence-corrected chi connectivity index (χ0v) is 24.4. The molecule has 5 rings (SSSR count). The Kier molecular flexibility index (Phi) is 8.33. The van der Waals surface area contributed by atoms with Crippen LogP contribution in [-0.4, -0.2) is 67.4 Å². The number of rotatable bonds is 6. The van der Waals surface area contributed by atoms with Gasteiger partial charge in [0.2, 0.25) is 0 Å². The molecule has 2 aromatic rings. The maximum Gasteiger partial charge on any atom is 0.416 e. The van der Waals surface area contributed by atoms with Crippen molar-refractivity contribution >= 4 is 12.1 Å². The molecule has 2 atom stereocenters. The van der Waals surface area contributed by atoms with Gasteiger partial charge in [0.15, 0.2) is 0 Å². The second-order valence-electron chi connectivity index (χ2n) is 12.0. The number of benzene rings is 2. The third kappa shape index (κ3) is 6.61. The van der Waals surface area contributed by atoms with Gasteiger partial charge in [-0.25, -0.2) is 4.79 Å². The number of halogens is 3. The largest absolute Gasteiger partial charge is 0.492 e. The molecule has 0 radical (unpaired) electrons. The van der Waals surface area contributed by atoms with Crippen LogP contribution in [0.4, 0.5) is 18.0 Å². The van der Waals surface area contributed by atoms with E-state index in [9.17, 15) is 22.8 Å². The fraction of sp³-hybridized carbons (Fsp3) is 0.548. The number of piperazine rings is 1. The molecule has 1 fully saturated rings. The summed E-state index contributed by atoms with van der Waals surface area (Å²) in [6.07, 6.45) is -4.04. The minimum atomic E-state index is -4.49. The molecule has 2 aliphatic heterocycles. The molecule has 1 amide bonds. The van der Waals surface area contributed by atoms with E-state index in [0.29, 0.717) is 62.7 Å². The molecule has 0 unspecified atom stereocenters. The Bertz CT molecular complexity index is 1330. The zero-order chi connectivity index (χ0) is 30.2. The van der Waals surface area contributed by atoms with Crippen LogP contribution in [0.15, 0.2) is 30.3 Å². The van der Waals surface area contributed by atoms with Crippen molar-refractivity contribution in [1.82, 2.24) is 9.80 Å². The molecular weight excluding hydrogens is 553 g/mol. The van der Waals surface area contributed by atoms with Gasteiger partial charge < -0.3 is 23.8 Å². The molecule has 0 aromatic heterocycles. The summed E-state index contributed by atoms with van der Waals surface area (Å²) in [5.74, 6) is 0.796. The SMILES string of the molecule is COC(=O)C[C@@H]1COc2cc(O[C@@H]3CCc4c3ccc(C(F)(F)F)c4CN3CCN(C(=O)OC(C)(C)C)CC3)ccc21. The number of esters is 1. The highest BCUT2D eigenvalue weighted by atomic mass is 19.4. The average Bonchev–Trinajstić information content (AvgIpc) is 3.51. The summed E-state index contributed by atoms with van der Waals surface area (Å²) in [5.41, 5.74) is 1.39. The summed E-state index contributed by atoms with van der Waals surface area (Å²) in [6, 6.07) is 8.16. The fourth-order valence-corrected chi connectivity index (χ4v) is 5.89. The Morgan fingerprint density at radius 1 is 1.02 bits per heavy atom. The highest BCUT2D eigenvalue weighted by Crippen LogP contribution is 2.44. The second-order valence-corrected chi connectivity index (χ2v) is 12.0. The summed E-state index contributed by atoms with van der Waals surface area (Å²) in [7, 11) is 1.35. The first kappa shape index (κ1) is 30.0. The van der Waals surface area contributed by atoms with Gasteiger partial charge >= 0.3 is 18.2 Å². The van der Waals surface area contributed by atoms with Gasteiger partial charge in [0, 0.05) is 50.3 Å². The van der Waals surface area contributed by atoms with E-state index in [4.69, 9.17) is 18.9 Å². The predicted molar refractivity (Wildman–Crippen MR) is 148 cm³/mol. The highest BCUT2D eigenvalue weighted by molar-refractivity contribution is 5.71. The molecule has 228 valence electrons. The van der Waals surface area contributed by atoms with Crippen LogP contribution < -0.4 is 9.47 Å². The smallest absolute Gasteiger partial charge is 0.416 e. The van der Waals surface area contributed by atoms with Gasteiger partial charge in [-0.05, 0) is 62.4 Å². The van der Waals surface area contributed by atoms with E-state index in [1.54, 1.807) is 31.7 Å². The number of carbonyl (C=O) groups is 2. The number of fused-ring (bicyclic) bond motifs is 2. The van der Waals surface area contributed by atoms with Crippen molar-refractivity contribution in [3.8, 4) is 11.5 Å². The van der Waals surface area contributed by atoms with Gasteiger partial charge in [-0.3, -0.25) is 9.69 Å². The van der Waals surface area contributed by atoms with Crippen LogP contribution in [0, 0.1) is 0 Å². The van der Waals surface area contributed by atoms with Crippen LogP contribution >= 0.6 is 0 Å². The van der Waals surface area contributed by atoms with E-state index < -0.39 is 29.5 Å². The van der Waals surface area contributed by atoms with Crippen molar-refractivity contribution in [1.29, 1.82) is 0 Å². The fourth-order valence-electron chi connectivity index (χ4n) is 5.89. The predicted octanol–water partition coefficient (Wildman–Crippen LogP) is 5.86. The Balaban J connectivity index is 1.30. The van der Waals surface area contributed by atoms with Gasteiger partial charge in [0.05, 0.1) is 25.7 Å². The van der Waals surface area contributed by atoms with Crippen molar-refractivity contribution in [3.63, 3.8) is 0 Å². The molecule has 8 nitrogen and oxygen atoms in total. The van der Waals surface area contributed by atoms with Crippen molar-refractivity contribution in [2.75, 3.05) is 39.9 Å². The van der Waals surface area contributed by atoms with Gasteiger partial charge in [-0.15, -0.1) is 0 Å². The summed E-state index contributed by atoms with van der Waals surface area (Å²) >= 11 is 0. The van der Waals surface area contributed by atoms with Crippen LogP contribution in [0.5, 0.6) is 11.5 Å². The van der Waals surface area contributed by atoms with E-state index in [-0.39, 0.29) is 30.4 Å². The van der Waals surface area contributed by atoms with Crippen LogP contribution in [0.25, 0.3) is 0 Å². The standard InChI is InChI=1S/C31H37F3N2O6/c1-30(2,3)42-29(38)36-13-11-35(12-14-36)17-24-22-8-10-26(23(22)7-9-25(24)31(32,33)34)41-20-5-6-21-19(15-28(37)39-4)18-40-27(21)16-20/h5-7,9,16,19,26H,8,10-15,17-18H2,1-4H3/t19-,26-/m1/s1. The number of nitrogens with zero attached hydrogens (tertiary/aromatic N) is 2. The quantitative estimate of drug-likeness (QED) is 0.390. The molecule has 0 bridgehead atoms. The lowest BCUT2D eigenvalue weighted by atomic mass is 9.96. The van der Waals surface area contributed by atoms with Crippen molar-refractivity contribution < 1.29 is 41.7 Å². The molecule has 42 heavy (non-hydrogen) atoms. The average molecular weight is 591 g/mol. The monoisotopic (exact) mass is 590 g/mol. The molecule has 3 aliphatic rings. The number of alkyl halides is 3. The number of amides is 1. The molecule has 1 saturated heterocycles. The molecule has 0 N–H and O–H groups in total. The number of methoxy groups -OCH3 is 1. The van der Waals surface area contributed by atoms with Crippen molar-refractivity contribution in [2.45, 2.75) is 70.4 Å². The number of carbonyl (C=O) groups excluding carboxylic acids is 2. The van der Waals surface area contributed by atoms with Crippen molar-refractivity contribution in [3.05, 3.63) is 58.1 Å². The molecule has 2 heterocycles. The Morgan fingerprint density at radius 3 is 2.40 bits per heavy atom. The lowest BCUT2D eigenvalue weighted by Gasteiger charge is -2.36. The highest BCUT2D eigenvalue weighted by Gasteiger charge is 2.38. The lowest BCUT2D eigenvalue weighted by Crippen LogP contribution is -2.49. The van der Waals surface area contributed by atoms with Crippen molar-refractivity contribution in [2.24, 2.45) is 0 Å². The van der Waals surface area contributed by atoms with E-state index in [2.05, 4.69) is 0 Å². The van der Waals surface area contributed by atoms with Gasteiger partial charge in [-0.2, -0.15) is 13.2 Å². The Labute approximate surface area is 243 Å². The van der Waals surface area contributed by atoms with Gasteiger partial charge in [-0.1, -0.05) is 12.1 Å². The molecule has 0 spiro atoms. The van der Waals surface area contributed by atoms with Gasteiger partial charge in [0.25, 0.3) is 0 Å². The second kappa shape index (κ2) is 11.7. The maximum atomic E-state index is 14.1. The number of ether oxygens (including phenoxy) is 4. The minimum Gasteiger partial charge on any atom is -0.492 e. The third-order valence-electron chi connectivity index (χ3n) is 7.97. The molecule has 0 saturated carbocycles. The van der Waals surface area contributed by atoms with E-state index in [0.717, 1.165) is 17.2 Å². The molecule has 2 aromatic carbocycles. The first-order valence-corrected chi connectivity index (χ1v) is 14.2. The first-order chi connectivity index (χ1) is 19.8. The van der Waals surface area contributed by atoms with E-state index in [1.165, 1.54) is 13.2 Å². The maximum absolute atomic E-state index is 14.1.